The van der Waals surface area contributed by atoms with E-state index in [1.165, 1.54) is 16.0 Å². The van der Waals surface area contributed by atoms with Gasteiger partial charge in [-0.15, -0.1) is 11.3 Å². The lowest BCUT2D eigenvalue weighted by molar-refractivity contribution is 0.0861. The minimum Gasteiger partial charge on any atom is -0.480 e. The fraction of sp³-hybridized carbons (Fsp3) is 0.286. The number of rotatable bonds is 0. The Hall–Kier alpha value is -1.32. The van der Waals surface area contributed by atoms with Gasteiger partial charge in [-0.05, 0) is 30.1 Å². The number of nitrogens with one attached hydrogen (secondary N) is 1. The Kier molecular flexibility index (Phi) is 1.90. The van der Waals surface area contributed by atoms with E-state index >= 15 is 0 Å². The second-order valence-corrected chi connectivity index (χ2v) is 5.60. The van der Waals surface area contributed by atoms with Crippen molar-refractivity contribution in [3.63, 3.8) is 0 Å². The molecule has 1 spiro atoms. The fourth-order valence-electron chi connectivity index (χ4n) is 2.87. The van der Waals surface area contributed by atoms with E-state index in [4.69, 9.17) is 4.74 Å². The third-order valence-corrected chi connectivity index (χ3v) is 4.66. The lowest BCUT2D eigenvalue weighted by Gasteiger charge is -2.35. The lowest BCUT2D eigenvalue weighted by atomic mass is 9.88. The maximum atomic E-state index is 6.31. The quantitative estimate of drug-likeness (QED) is 0.768. The van der Waals surface area contributed by atoms with E-state index in [2.05, 4.69) is 35.0 Å². The van der Waals surface area contributed by atoms with E-state index < -0.39 is 0 Å². The van der Waals surface area contributed by atoms with E-state index in [1.54, 1.807) is 0 Å². The first-order valence-corrected chi connectivity index (χ1v) is 6.84. The highest BCUT2D eigenvalue weighted by Crippen LogP contribution is 2.49. The van der Waals surface area contributed by atoms with E-state index in [-0.39, 0.29) is 5.60 Å². The highest BCUT2D eigenvalue weighted by molar-refractivity contribution is 7.13. The average Bonchev–Trinajstić information content (AvgIpc) is 2.99. The molecule has 2 aliphatic heterocycles. The summed E-state index contributed by atoms with van der Waals surface area (Å²) in [5.74, 6) is 1.03. The number of thiophene rings is 1. The van der Waals surface area contributed by atoms with Gasteiger partial charge in [-0.25, -0.2) is 0 Å². The molecule has 86 valence electrons. The molecule has 1 fully saturated rings. The maximum Gasteiger partial charge on any atom is 0.149 e. The van der Waals surface area contributed by atoms with Gasteiger partial charge >= 0.3 is 0 Å². The SMILES string of the molecule is c1ccc2c(c1)OC1(CCNC1)c1ccsc1-2. The highest BCUT2D eigenvalue weighted by Gasteiger charge is 2.43. The summed E-state index contributed by atoms with van der Waals surface area (Å²) in [7, 11) is 0. The van der Waals surface area contributed by atoms with Gasteiger partial charge in [-0.2, -0.15) is 0 Å². The molecule has 4 rings (SSSR count). The largest absolute Gasteiger partial charge is 0.480 e. The van der Waals surface area contributed by atoms with Crippen LogP contribution in [0, 0.1) is 0 Å². The molecule has 3 heterocycles. The Bertz CT molecular complexity index is 569. The van der Waals surface area contributed by atoms with Crippen molar-refractivity contribution in [1.82, 2.24) is 5.32 Å². The maximum absolute atomic E-state index is 6.31. The van der Waals surface area contributed by atoms with Gasteiger partial charge in [-0.3, -0.25) is 0 Å². The van der Waals surface area contributed by atoms with E-state index in [0.29, 0.717) is 0 Å². The summed E-state index contributed by atoms with van der Waals surface area (Å²) in [6.45, 7) is 1.96. The topological polar surface area (TPSA) is 21.3 Å². The Morgan fingerprint density at radius 1 is 1.24 bits per heavy atom. The van der Waals surface area contributed by atoms with Crippen molar-refractivity contribution in [3.05, 3.63) is 41.3 Å². The average molecular weight is 243 g/mol. The smallest absolute Gasteiger partial charge is 0.149 e. The third-order valence-electron chi connectivity index (χ3n) is 3.71. The normalized spacial score (nSPS) is 25.4. The molecule has 1 N–H and O–H groups in total. The van der Waals surface area contributed by atoms with Crippen molar-refractivity contribution in [3.8, 4) is 16.2 Å². The number of hydrogen-bond acceptors (Lipinski definition) is 3. The van der Waals surface area contributed by atoms with Crippen molar-refractivity contribution in [2.24, 2.45) is 0 Å². The Labute approximate surface area is 104 Å². The van der Waals surface area contributed by atoms with Crippen LogP contribution in [0.4, 0.5) is 0 Å². The molecule has 1 aromatic heterocycles. The lowest BCUT2D eigenvalue weighted by Crippen LogP contribution is -2.37. The molecule has 3 heteroatoms. The molecule has 2 aromatic rings. The number of ether oxygens (including phenoxy) is 1. The zero-order chi connectivity index (χ0) is 11.3. The van der Waals surface area contributed by atoms with Gasteiger partial charge in [0.15, 0.2) is 0 Å². The van der Waals surface area contributed by atoms with Gasteiger partial charge < -0.3 is 10.1 Å². The minimum atomic E-state index is -0.121. The van der Waals surface area contributed by atoms with Gasteiger partial charge in [0.1, 0.15) is 11.4 Å². The summed E-state index contributed by atoms with van der Waals surface area (Å²) in [6.07, 6.45) is 1.06. The number of para-hydroxylation sites is 1. The van der Waals surface area contributed by atoms with Gasteiger partial charge in [0.25, 0.3) is 0 Å². The second kappa shape index (κ2) is 3.34. The first-order valence-electron chi connectivity index (χ1n) is 5.96. The molecule has 1 aromatic carbocycles. The molecule has 0 radical (unpaired) electrons. The Morgan fingerprint density at radius 2 is 2.18 bits per heavy atom. The zero-order valence-electron chi connectivity index (χ0n) is 9.40. The van der Waals surface area contributed by atoms with Crippen LogP contribution >= 0.6 is 11.3 Å². The Morgan fingerprint density at radius 3 is 3.06 bits per heavy atom. The summed E-state index contributed by atoms with van der Waals surface area (Å²) in [5, 5.41) is 5.60. The van der Waals surface area contributed by atoms with E-state index in [0.717, 1.165) is 25.3 Å². The first-order chi connectivity index (χ1) is 8.39. The molecule has 1 atom stereocenters. The zero-order valence-corrected chi connectivity index (χ0v) is 10.2. The molecule has 1 unspecified atom stereocenters. The van der Waals surface area contributed by atoms with Crippen LogP contribution in [0.2, 0.25) is 0 Å². The molecule has 17 heavy (non-hydrogen) atoms. The predicted molar refractivity (Wildman–Crippen MR) is 69.5 cm³/mol. The molecule has 2 nitrogen and oxygen atoms in total. The highest BCUT2D eigenvalue weighted by atomic mass is 32.1. The fourth-order valence-corrected chi connectivity index (χ4v) is 3.89. The van der Waals surface area contributed by atoms with Crippen LogP contribution in [0.5, 0.6) is 5.75 Å². The first kappa shape index (κ1) is 9.68. The van der Waals surface area contributed by atoms with E-state index in [1.807, 2.05) is 17.4 Å². The molecule has 0 amide bonds. The third kappa shape index (κ3) is 1.24. The summed E-state index contributed by atoms with van der Waals surface area (Å²) in [5.41, 5.74) is 2.49. The standard InChI is InChI=1S/C14H13NOS/c1-2-4-12-10(3-1)13-11(5-8-17-13)14(16-12)6-7-15-9-14/h1-5,8,15H,6-7,9H2. The molecule has 2 aliphatic rings. The second-order valence-electron chi connectivity index (χ2n) is 4.68. The number of hydrogen-bond donors (Lipinski definition) is 1. The van der Waals surface area contributed by atoms with Gasteiger partial charge in [-0.1, -0.05) is 12.1 Å². The summed E-state index contributed by atoms with van der Waals surface area (Å²) in [6, 6.07) is 10.6. The molecule has 1 saturated heterocycles. The van der Waals surface area contributed by atoms with Gasteiger partial charge in [0.2, 0.25) is 0 Å². The van der Waals surface area contributed by atoms with Crippen molar-refractivity contribution in [2.45, 2.75) is 12.0 Å². The number of benzene rings is 1. The molecular weight excluding hydrogens is 230 g/mol. The molecule has 0 saturated carbocycles. The van der Waals surface area contributed by atoms with Crippen molar-refractivity contribution < 1.29 is 4.74 Å². The van der Waals surface area contributed by atoms with Crippen LogP contribution in [0.3, 0.4) is 0 Å². The summed E-state index contributed by atoms with van der Waals surface area (Å²) in [4.78, 5) is 1.38. The number of fused-ring (bicyclic) bond motifs is 4. The minimum absolute atomic E-state index is 0.121. The predicted octanol–water partition coefficient (Wildman–Crippen LogP) is 3.00. The van der Waals surface area contributed by atoms with Crippen molar-refractivity contribution in [1.29, 1.82) is 0 Å². The molecular formula is C14H13NOS. The Balaban J connectivity index is 1.98. The van der Waals surface area contributed by atoms with Crippen LogP contribution in [0.25, 0.3) is 10.4 Å². The summed E-state index contributed by atoms with van der Waals surface area (Å²) < 4.78 is 6.31. The molecule has 0 aliphatic carbocycles. The van der Waals surface area contributed by atoms with E-state index in [9.17, 15) is 0 Å². The van der Waals surface area contributed by atoms with Crippen LogP contribution < -0.4 is 10.1 Å². The van der Waals surface area contributed by atoms with Gasteiger partial charge in [0, 0.05) is 29.0 Å². The van der Waals surface area contributed by atoms with Crippen LogP contribution in [-0.2, 0) is 5.60 Å². The monoisotopic (exact) mass is 243 g/mol. The van der Waals surface area contributed by atoms with Crippen molar-refractivity contribution >= 4 is 11.3 Å². The van der Waals surface area contributed by atoms with Gasteiger partial charge in [0.05, 0.1) is 0 Å². The van der Waals surface area contributed by atoms with Crippen LogP contribution in [0.1, 0.15) is 12.0 Å². The van der Waals surface area contributed by atoms with Crippen molar-refractivity contribution in [2.75, 3.05) is 13.1 Å². The summed E-state index contributed by atoms with van der Waals surface area (Å²) >= 11 is 1.82. The van der Waals surface area contributed by atoms with Crippen LogP contribution in [-0.4, -0.2) is 13.1 Å². The molecule has 0 bridgehead atoms. The van der Waals surface area contributed by atoms with Crippen LogP contribution in [0.15, 0.2) is 35.7 Å².